The van der Waals surface area contributed by atoms with Crippen molar-refractivity contribution in [2.45, 2.75) is 0 Å². The minimum Gasteiger partial charge on any atom is -0.455 e. The molecule has 9 aromatic carbocycles. The van der Waals surface area contributed by atoms with E-state index in [1.807, 2.05) is 84.9 Å². The third kappa shape index (κ3) is 3.97. The Balaban J connectivity index is 1.34. The first-order chi connectivity index (χ1) is 29.1. The van der Waals surface area contributed by atoms with Crippen LogP contribution in [0.5, 0.6) is 0 Å². The molecule has 47 heavy (non-hydrogen) atoms. The number of benzene rings is 9. The van der Waals surface area contributed by atoms with Crippen LogP contribution in [0.1, 0.15) is 19.2 Å². The normalized spacial score (nSPS) is 16.0. The molecule has 0 aliphatic carbocycles. The van der Waals surface area contributed by atoms with Crippen LogP contribution in [0.3, 0.4) is 0 Å². The molecule has 0 spiro atoms. The van der Waals surface area contributed by atoms with Gasteiger partial charge in [0.2, 0.25) is 0 Å². The quantitative estimate of drug-likeness (QED) is 0.181. The van der Waals surface area contributed by atoms with Gasteiger partial charge < -0.3 is 4.42 Å². The van der Waals surface area contributed by atoms with E-state index in [0.29, 0.717) is 43.6 Å². The topological polar surface area (TPSA) is 13.1 Å². The first-order valence-electron chi connectivity index (χ1n) is 22.0. The highest BCUT2D eigenvalue weighted by Gasteiger charge is 2.19. The fourth-order valence-electron chi connectivity index (χ4n) is 6.79. The molecule has 0 amide bonds. The van der Waals surface area contributed by atoms with Gasteiger partial charge in [0.1, 0.15) is 11.2 Å². The highest BCUT2D eigenvalue weighted by molar-refractivity contribution is 6.23. The summed E-state index contributed by atoms with van der Waals surface area (Å²) in [6.07, 6.45) is 0. The molecular weight excluding hydrogens is 569 g/mol. The van der Waals surface area contributed by atoms with Gasteiger partial charge in [-0.1, -0.05) is 139 Å². The van der Waals surface area contributed by atoms with E-state index in [2.05, 4.69) is 0 Å². The SMILES string of the molecule is [2H]c1c([2H])c([2H])c(-c2cc(-c3c4ccccc4c(-c4c([2H])c([2H])c5oc6c7c([2H])c([2H])c([2H])c([2H])c7c([2H])c([2H])c6c5c4[2H])c4ccccc34)cc3ccccc23)c([2H])c1[2H]. The summed E-state index contributed by atoms with van der Waals surface area (Å²) in [6.45, 7) is 0. The van der Waals surface area contributed by atoms with Crippen LogP contribution in [0.2, 0.25) is 0 Å². The van der Waals surface area contributed by atoms with Crippen LogP contribution in [0.4, 0.5) is 0 Å². The molecule has 0 saturated carbocycles. The summed E-state index contributed by atoms with van der Waals surface area (Å²) in [7, 11) is 0. The molecule has 1 aromatic heterocycles. The molecule has 0 aliphatic heterocycles. The van der Waals surface area contributed by atoms with E-state index >= 15 is 0 Å². The molecule has 0 atom stereocenters. The van der Waals surface area contributed by atoms with Crippen LogP contribution in [0, 0.1) is 0 Å². The van der Waals surface area contributed by atoms with Gasteiger partial charge in [-0.15, -0.1) is 0 Å². The summed E-state index contributed by atoms with van der Waals surface area (Å²) in [4.78, 5) is 0. The second kappa shape index (κ2) is 10.2. The fraction of sp³-hybridized carbons (Fsp3) is 0. The lowest BCUT2D eigenvalue weighted by atomic mass is 9.84. The molecule has 218 valence electrons. The van der Waals surface area contributed by atoms with Crippen molar-refractivity contribution < 1.29 is 23.6 Å². The van der Waals surface area contributed by atoms with Crippen molar-refractivity contribution in [3.63, 3.8) is 0 Å². The Morgan fingerprint density at radius 2 is 1.04 bits per heavy atom. The number of hydrogen-bond donors (Lipinski definition) is 0. The van der Waals surface area contributed by atoms with Gasteiger partial charge in [-0.3, -0.25) is 0 Å². The molecule has 10 rings (SSSR count). The number of furan rings is 1. The van der Waals surface area contributed by atoms with Crippen molar-refractivity contribution in [1.82, 2.24) is 0 Å². The van der Waals surface area contributed by atoms with E-state index in [1.165, 1.54) is 0 Å². The minimum atomic E-state index is -0.574. The maximum Gasteiger partial charge on any atom is 0.143 e. The standard InChI is InChI=1S/C46H28O/c1-2-12-29(13-3-1)41-28-33(26-31-15-5-6-16-34(31)41)45-38-20-10-8-18-36(38)44(37-19-9-11-21-39(37)45)32-23-25-43-42(27-32)40-24-22-30-14-4-7-17-35(30)46(40)47-43/h1-28H/i1D,2D,3D,4D,7D,12D,13D,14D,17D,22D,23D,24D,25D,27D. The van der Waals surface area contributed by atoms with Gasteiger partial charge in [0, 0.05) is 16.2 Å². The summed E-state index contributed by atoms with van der Waals surface area (Å²) >= 11 is 0. The van der Waals surface area contributed by atoms with Crippen molar-refractivity contribution >= 4 is 65.0 Å². The third-order valence-electron chi connectivity index (χ3n) is 8.79. The fourth-order valence-corrected chi connectivity index (χ4v) is 6.79. The lowest BCUT2D eigenvalue weighted by Gasteiger charge is -2.19. The van der Waals surface area contributed by atoms with Crippen LogP contribution >= 0.6 is 0 Å². The Kier molecular flexibility index (Phi) is 3.44. The molecule has 10 aromatic rings. The smallest absolute Gasteiger partial charge is 0.143 e. The lowest BCUT2D eigenvalue weighted by molar-refractivity contribution is 0.672. The van der Waals surface area contributed by atoms with Crippen molar-refractivity contribution in [3.8, 4) is 33.4 Å². The van der Waals surface area contributed by atoms with E-state index in [0.717, 1.165) is 10.9 Å². The zero-order valence-electron chi connectivity index (χ0n) is 38.5. The molecule has 1 nitrogen and oxygen atoms in total. The number of rotatable bonds is 3. The van der Waals surface area contributed by atoms with E-state index in [-0.39, 0.29) is 68.0 Å². The summed E-state index contributed by atoms with van der Waals surface area (Å²) in [5.74, 6) is 0. The molecule has 0 radical (unpaired) electrons. The first-order valence-corrected chi connectivity index (χ1v) is 15.0. The van der Waals surface area contributed by atoms with Crippen LogP contribution in [-0.4, -0.2) is 0 Å². The molecule has 0 N–H and O–H groups in total. The van der Waals surface area contributed by atoms with Crippen molar-refractivity contribution in [2.24, 2.45) is 0 Å². The van der Waals surface area contributed by atoms with Crippen LogP contribution in [0.15, 0.2) is 174 Å². The summed E-state index contributed by atoms with van der Waals surface area (Å²) in [6, 6.07) is 19.9. The van der Waals surface area contributed by atoms with Crippen molar-refractivity contribution in [1.29, 1.82) is 0 Å². The molecule has 0 fully saturated rings. The molecule has 1 heteroatoms. The highest BCUT2D eigenvalue weighted by atomic mass is 16.3. The van der Waals surface area contributed by atoms with Crippen LogP contribution in [0.25, 0.3) is 98.4 Å². The maximum absolute atomic E-state index is 9.79. The van der Waals surface area contributed by atoms with E-state index in [1.54, 1.807) is 0 Å². The minimum absolute atomic E-state index is 0.0335. The Labute approximate surface area is 291 Å². The third-order valence-corrected chi connectivity index (χ3v) is 8.79. The van der Waals surface area contributed by atoms with E-state index in [4.69, 9.17) is 19.5 Å². The Morgan fingerprint density at radius 1 is 0.404 bits per heavy atom. The molecule has 0 bridgehead atoms. The van der Waals surface area contributed by atoms with Gasteiger partial charge in [0.05, 0.1) is 19.2 Å². The van der Waals surface area contributed by atoms with Crippen LogP contribution < -0.4 is 0 Å². The molecule has 0 aliphatic rings. The Morgan fingerprint density at radius 3 is 1.79 bits per heavy atom. The largest absolute Gasteiger partial charge is 0.455 e. The molecule has 1 heterocycles. The first kappa shape index (κ1) is 15.9. The summed E-state index contributed by atoms with van der Waals surface area (Å²) < 4.78 is 129. The predicted molar refractivity (Wildman–Crippen MR) is 200 cm³/mol. The number of fused-ring (bicyclic) bond motifs is 8. The summed E-state index contributed by atoms with van der Waals surface area (Å²) in [5.41, 5.74) is 2.02. The van der Waals surface area contributed by atoms with Gasteiger partial charge in [0.15, 0.2) is 0 Å². The average Bonchev–Trinajstić information content (AvgIpc) is 3.67. The van der Waals surface area contributed by atoms with Gasteiger partial charge in [-0.2, -0.15) is 0 Å². The maximum atomic E-state index is 9.79. The zero-order chi connectivity index (χ0) is 43.1. The number of hydrogen-bond acceptors (Lipinski definition) is 1. The van der Waals surface area contributed by atoms with Gasteiger partial charge >= 0.3 is 0 Å². The average molecular weight is 611 g/mol. The molecular formula is C46H28O. The monoisotopic (exact) mass is 610 g/mol. The van der Waals surface area contributed by atoms with Gasteiger partial charge in [0.25, 0.3) is 0 Å². The van der Waals surface area contributed by atoms with Gasteiger partial charge in [-0.05, 0) is 101 Å². The van der Waals surface area contributed by atoms with Crippen LogP contribution in [-0.2, 0) is 0 Å². The van der Waals surface area contributed by atoms with E-state index < -0.39 is 60.4 Å². The van der Waals surface area contributed by atoms with Gasteiger partial charge in [-0.25, -0.2) is 0 Å². The Hall–Kier alpha value is -6.18. The second-order valence-electron chi connectivity index (χ2n) is 11.3. The molecule has 0 unspecified atom stereocenters. The predicted octanol–water partition coefficient (Wildman–Crippen LogP) is 13.2. The zero-order valence-corrected chi connectivity index (χ0v) is 24.5. The van der Waals surface area contributed by atoms with Crippen molar-refractivity contribution in [3.05, 3.63) is 170 Å². The van der Waals surface area contributed by atoms with E-state index in [9.17, 15) is 4.11 Å². The Bertz CT molecular complexity index is 3560. The van der Waals surface area contributed by atoms with Crippen molar-refractivity contribution in [2.75, 3.05) is 0 Å². The molecule has 0 saturated heterocycles. The summed E-state index contributed by atoms with van der Waals surface area (Å²) in [5, 5.41) is 3.57. The highest BCUT2D eigenvalue weighted by Crippen LogP contribution is 2.46. The lowest BCUT2D eigenvalue weighted by Crippen LogP contribution is -1.92. The second-order valence-corrected chi connectivity index (χ2v) is 11.3.